The molecule has 1 aromatic carbocycles. The number of carbonyl (C=O) groups excluding carboxylic acids is 1. The molecular weight excluding hydrogens is 316 g/mol. The highest BCUT2D eigenvalue weighted by molar-refractivity contribution is 5.79. The molecule has 6 nitrogen and oxygen atoms in total. The fraction of sp³-hybridized carbons (Fsp3) is 0.579. The highest BCUT2D eigenvalue weighted by atomic mass is 16.5. The molecule has 1 rings (SSSR count). The van der Waals surface area contributed by atoms with Gasteiger partial charge in [-0.1, -0.05) is 32.9 Å². The number of ether oxygens (including phenoxy) is 1. The number of hydrogen-bond donors (Lipinski definition) is 3. The Kier molecular flexibility index (Phi) is 8.25. The quantitative estimate of drug-likeness (QED) is 0.497. The number of primary amides is 1. The lowest BCUT2D eigenvalue weighted by Crippen LogP contribution is -2.42. The molecule has 0 radical (unpaired) electrons. The summed E-state index contributed by atoms with van der Waals surface area (Å²) in [6, 6.07) is 7.90. The van der Waals surface area contributed by atoms with Crippen LogP contribution in [0.3, 0.4) is 0 Å². The molecule has 0 bridgehead atoms. The fourth-order valence-electron chi connectivity index (χ4n) is 2.24. The number of nitrogens with zero attached hydrogens (tertiary/aromatic N) is 1. The van der Waals surface area contributed by atoms with Crippen LogP contribution in [0.15, 0.2) is 29.3 Å². The molecule has 0 saturated heterocycles. The van der Waals surface area contributed by atoms with Crippen LogP contribution in [0.25, 0.3) is 0 Å². The van der Waals surface area contributed by atoms with E-state index in [2.05, 4.69) is 43.3 Å². The Balaban J connectivity index is 2.49. The zero-order valence-electron chi connectivity index (χ0n) is 16.1. The Morgan fingerprint density at radius 2 is 2.08 bits per heavy atom. The Labute approximate surface area is 151 Å². The monoisotopic (exact) mass is 348 g/mol. The number of aliphatic imine (C=N–C) groups is 1. The van der Waals surface area contributed by atoms with E-state index < -0.39 is 5.91 Å². The van der Waals surface area contributed by atoms with Gasteiger partial charge in [-0.3, -0.25) is 9.79 Å². The van der Waals surface area contributed by atoms with E-state index in [9.17, 15) is 4.79 Å². The maximum atomic E-state index is 10.8. The topological polar surface area (TPSA) is 88.7 Å². The van der Waals surface area contributed by atoms with Crippen molar-refractivity contribution in [2.24, 2.45) is 16.1 Å². The molecule has 0 saturated carbocycles. The molecule has 25 heavy (non-hydrogen) atoms. The molecule has 0 aliphatic carbocycles. The Hall–Kier alpha value is -2.24. The van der Waals surface area contributed by atoms with E-state index in [0.29, 0.717) is 23.8 Å². The van der Waals surface area contributed by atoms with Gasteiger partial charge in [-0.05, 0) is 42.9 Å². The molecule has 0 heterocycles. The normalized spacial score (nSPS) is 13.2. The molecular formula is C19H32N4O2. The molecule has 4 N–H and O–H groups in total. The maximum absolute atomic E-state index is 10.8. The van der Waals surface area contributed by atoms with E-state index in [4.69, 9.17) is 10.5 Å². The zero-order valence-corrected chi connectivity index (χ0v) is 16.1. The lowest BCUT2D eigenvalue weighted by molar-refractivity contribution is -0.119. The van der Waals surface area contributed by atoms with Crippen LogP contribution < -0.4 is 21.1 Å². The second-order valence-corrected chi connectivity index (χ2v) is 7.47. The molecule has 1 unspecified atom stereocenters. The summed E-state index contributed by atoms with van der Waals surface area (Å²) in [5.41, 5.74) is 6.46. The fourth-order valence-corrected chi connectivity index (χ4v) is 2.24. The van der Waals surface area contributed by atoms with Crippen LogP contribution >= 0.6 is 0 Å². The van der Waals surface area contributed by atoms with Crippen molar-refractivity contribution in [1.29, 1.82) is 0 Å². The molecule has 0 aliphatic heterocycles. The summed E-state index contributed by atoms with van der Waals surface area (Å²) < 4.78 is 5.32. The predicted molar refractivity (Wildman–Crippen MR) is 103 cm³/mol. The standard InChI is InChI=1S/C19H32N4O2/c1-14(9-10-19(2,3)4)23-18(21-5)22-12-15-7-6-8-16(11-15)25-13-17(20)24/h6-8,11,14H,9-10,12-13H2,1-5H3,(H2,20,24)(H2,21,22,23). The molecule has 6 heteroatoms. The molecule has 140 valence electrons. The minimum absolute atomic E-state index is 0.120. The highest BCUT2D eigenvalue weighted by Crippen LogP contribution is 2.21. The van der Waals surface area contributed by atoms with E-state index in [1.807, 2.05) is 18.2 Å². The minimum Gasteiger partial charge on any atom is -0.484 e. The third kappa shape index (κ3) is 9.59. The van der Waals surface area contributed by atoms with Crippen molar-refractivity contribution < 1.29 is 9.53 Å². The van der Waals surface area contributed by atoms with Crippen LogP contribution in [0.1, 0.15) is 46.1 Å². The van der Waals surface area contributed by atoms with Crippen molar-refractivity contribution in [1.82, 2.24) is 10.6 Å². The Morgan fingerprint density at radius 3 is 2.68 bits per heavy atom. The molecule has 0 aromatic heterocycles. The van der Waals surface area contributed by atoms with Crippen LogP contribution in [0.5, 0.6) is 5.75 Å². The van der Waals surface area contributed by atoms with Gasteiger partial charge in [-0.15, -0.1) is 0 Å². The van der Waals surface area contributed by atoms with Crippen LogP contribution in [0, 0.1) is 5.41 Å². The molecule has 0 spiro atoms. The lowest BCUT2D eigenvalue weighted by atomic mass is 9.89. The first-order valence-corrected chi connectivity index (χ1v) is 8.67. The average molecular weight is 348 g/mol. The SMILES string of the molecule is CN=C(NCc1cccc(OCC(N)=O)c1)NC(C)CCC(C)(C)C. The van der Waals surface area contributed by atoms with Crippen LogP contribution in [0.2, 0.25) is 0 Å². The number of nitrogens with two attached hydrogens (primary N) is 1. The molecule has 1 amide bonds. The summed E-state index contributed by atoms with van der Waals surface area (Å²) in [6.45, 7) is 9.40. The van der Waals surface area contributed by atoms with Crippen LogP contribution in [0.4, 0.5) is 0 Å². The first-order valence-electron chi connectivity index (χ1n) is 8.67. The summed E-state index contributed by atoms with van der Waals surface area (Å²) in [7, 11) is 1.76. The Bertz CT molecular complexity index is 579. The van der Waals surface area contributed by atoms with Crippen molar-refractivity contribution in [2.45, 2.75) is 53.1 Å². The Morgan fingerprint density at radius 1 is 1.36 bits per heavy atom. The van der Waals surface area contributed by atoms with Gasteiger partial charge in [0.05, 0.1) is 0 Å². The molecule has 1 atom stereocenters. The number of nitrogens with one attached hydrogen (secondary N) is 2. The van der Waals surface area contributed by atoms with Gasteiger partial charge in [0.25, 0.3) is 5.91 Å². The van der Waals surface area contributed by atoms with Crippen molar-refractivity contribution in [3.8, 4) is 5.75 Å². The minimum atomic E-state index is -0.489. The number of benzene rings is 1. The smallest absolute Gasteiger partial charge is 0.255 e. The summed E-state index contributed by atoms with van der Waals surface area (Å²) in [5.74, 6) is 0.904. The second kappa shape index (κ2) is 9.91. The first kappa shape index (κ1) is 20.8. The summed E-state index contributed by atoms with van der Waals surface area (Å²) in [6.07, 6.45) is 2.23. The number of carbonyl (C=O) groups is 1. The third-order valence-electron chi connectivity index (χ3n) is 3.67. The van der Waals surface area contributed by atoms with E-state index in [-0.39, 0.29) is 6.61 Å². The molecule has 0 aliphatic rings. The molecule has 0 fully saturated rings. The van der Waals surface area contributed by atoms with Crippen molar-refractivity contribution in [2.75, 3.05) is 13.7 Å². The first-order chi connectivity index (χ1) is 11.7. The largest absolute Gasteiger partial charge is 0.484 e. The van der Waals surface area contributed by atoms with Gasteiger partial charge in [0.1, 0.15) is 5.75 Å². The van der Waals surface area contributed by atoms with Crippen molar-refractivity contribution in [3.63, 3.8) is 0 Å². The van der Waals surface area contributed by atoms with Gasteiger partial charge in [0.15, 0.2) is 12.6 Å². The highest BCUT2D eigenvalue weighted by Gasteiger charge is 2.13. The van der Waals surface area contributed by atoms with Gasteiger partial charge in [-0.25, -0.2) is 0 Å². The van der Waals surface area contributed by atoms with Gasteiger partial charge < -0.3 is 21.1 Å². The summed E-state index contributed by atoms with van der Waals surface area (Å²) >= 11 is 0. The third-order valence-corrected chi connectivity index (χ3v) is 3.67. The van der Waals surface area contributed by atoms with Crippen molar-refractivity contribution >= 4 is 11.9 Å². The number of rotatable bonds is 8. The number of hydrogen-bond acceptors (Lipinski definition) is 3. The van der Waals surface area contributed by atoms with Gasteiger partial charge in [-0.2, -0.15) is 0 Å². The van der Waals surface area contributed by atoms with Gasteiger partial charge in [0, 0.05) is 19.6 Å². The lowest BCUT2D eigenvalue weighted by Gasteiger charge is -2.23. The zero-order chi connectivity index (χ0) is 18.9. The summed E-state index contributed by atoms with van der Waals surface area (Å²) in [5, 5.41) is 6.71. The van der Waals surface area contributed by atoms with Gasteiger partial charge >= 0.3 is 0 Å². The number of amides is 1. The van der Waals surface area contributed by atoms with Crippen LogP contribution in [-0.2, 0) is 11.3 Å². The second-order valence-electron chi connectivity index (χ2n) is 7.47. The van der Waals surface area contributed by atoms with E-state index in [0.717, 1.165) is 24.4 Å². The summed E-state index contributed by atoms with van der Waals surface area (Å²) in [4.78, 5) is 15.1. The van der Waals surface area contributed by atoms with E-state index in [1.54, 1.807) is 13.1 Å². The van der Waals surface area contributed by atoms with Crippen LogP contribution in [-0.4, -0.2) is 31.6 Å². The van der Waals surface area contributed by atoms with E-state index in [1.165, 1.54) is 0 Å². The predicted octanol–water partition coefficient (Wildman–Crippen LogP) is 2.43. The van der Waals surface area contributed by atoms with Gasteiger partial charge in [0.2, 0.25) is 0 Å². The van der Waals surface area contributed by atoms with E-state index >= 15 is 0 Å². The molecule has 1 aromatic rings. The number of guanidine groups is 1. The average Bonchev–Trinajstić information content (AvgIpc) is 2.54. The maximum Gasteiger partial charge on any atom is 0.255 e. The van der Waals surface area contributed by atoms with Crippen molar-refractivity contribution in [3.05, 3.63) is 29.8 Å².